The fraction of sp³-hybridized carbons (Fsp3) is 0.308. The molecule has 2 rings (SSSR count). The summed E-state index contributed by atoms with van der Waals surface area (Å²) in [5, 5.41) is 17.9. The van der Waals surface area contributed by atoms with Gasteiger partial charge in [0.15, 0.2) is 0 Å². The lowest BCUT2D eigenvalue weighted by Crippen LogP contribution is -2.03. The van der Waals surface area contributed by atoms with Gasteiger partial charge in [-0.15, -0.1) is 5.10 Å². The Morgan fingerprint density at radius 3 is 3.00 bits per heavy atom. The molecule has 0 aliphatic carbocycles. The van der Waals surface area contributed by atoms with Crippen LogP contribution in [0.4, 0.5) is 11.5 Å². The minimum atomic E-state index is -0.452. The number of benzene rings is 1. The van der Waals surface area contributed by atoms with Crippen molar-refractivity contribution in [3.63, 3.8) is 0 Å². The molecule has 2 aromatic rings. The van der Waals surface area contributed by atoms with E-state index in [1.807, 2.05) is 31.2 Å². The predicted molar refractivity (Wildman–Crippen MR) is 74.8 cm³/mol. The van der Waals surface area contributed by atoms with Crippen molar-refractivity contribution >= 4 is 11.5 Å². The number of ether oxygens (including phenoxy) is 1. The van der Waals surface area contributed by atoms with Gasteiger partial charge in [-0.3, -0.25) is 14.8 Å². The maximum atomic E-state index is 10.9. The molecule has 0 spiro atoms. The molecule has 0 atom stereocenters. The molecule has 0 aliphatic rings. The van der Waals surface area contributed by atoms with Gasteiger partial charge >= 0.3 is 5.69 Å². The zero-order valence-corrected chi connectivity index (χ0v) is 11.4. The molecule has 1 heterocycles. The van der Waals surface area contributed by atoms with Crippen molar-refractivity contribution in [2.24, 2.45) is 7.05 Å². The third-order valence-corrected chi connectivity index (χ3v) is 2.68. The van der Waals surface area contributed by atoms with Crippen LogP contribution in [0.15, 0.2) is 30.5 Å². The van der Waals surface area contributed by atoms with E-state index in [0.717, 1.165) is 11.3 Å². The van der Waals surface area contributed by atoms with Crippen LogP contribution >= 0.6 is 0 Å². The molecule has 0 bridgehead atoms. The second-order valence-electron chi connectivity index (χ2n) is 4.23. The normalized spacial score (nSPS) is 10.3. The van der Waals surface area contributed by atoms with Crippen LogP contribution in [0.5, 0.6) is 5.75 Å². The molecule has 7 heteroatoms. The fourth-order valence-electron chi connectivity index (χ4n) is 1.83. The Bertz CT molecular complexity index is 609. The molecule has 20 heavy (non-hydrogen) atoms. The number of rotatable bonds is 6. The second-order valence-corrected chi connectivity index (χ2v) is 4.23. The quantitative estimate of drug-likeness (QED) is 0.646. The Morgan fingerprint density at radius 2 is 2.30 bits per heavy atom. The molecular formula is C13H16N4O3. The van der Waals surface area contributed by atoms with Crippen molar-refractivity contribution < 1.29 is 9.66 Å². The van der Waals surface area contributed by atoms with E-state index in [1.54, 1.807) is 7.05 Å². The van der Waals surface area contributed by atoms with E-state index in [1.165, 1.54) is 10.9 Å². The van der Waals surface area contributed by atoms with Crippen LogP contribution < -0.4 is 10.1 Å². The van der Waals surface area contributed by atoms with E-state index >= 15 is 0 Å². The molecule has 0 saturated heterocycles. The maximum absolute atomic E-state index is 10.9. The first kappa shape index (κ1) is 13.9. The number of hydrogen-bond acceptors (Lipinski definition) is 5. The zero-order chi connectivity index (χ0) is 14.5. The number of anilines is 1. The van der Waals surface area contributed by atoms with Crippen LogP contribution in [0.25, 0.3) is 0 Å². The van der Waals surface area contributed by atoms with Crippen molar-refractivity contribution in [2.75, 3.05) is 11.9 Å². The summed E-state index contributed by atoms with van der Waals surface area (Å²) in [5.41, 5.74) is 0.935. The predicted octanol–water partition coefficient (Wildman–Crippen LogP) is 2.34. The van der Waals surface area contributed by atoms with Crippen molar-refractivity contribution in [2.45, 2.75) is 13.5 Å². The van der Waals surface area contributed by atoms with Crippen LogP contribution in [0, 0.1) is 10.1 Å². The summed E-state index contributed by atoms with van der Waals surface area (Å²) in [4.78, 5) is 10.4. The highest BCUT2D eigenvalue weighted by molar-refractivity contribution is 5.54. The van der Waals surface area contributed by atoms with E-state index < -0.39 is 4.92 Å². The summed E-state index contributed by atoms with van der Waals surface area (Å²) in [6, 6.07) is 7.57. The van der Waals surface area contributed by atoms with Crippen LogP contribution in [0.3, 0.4) is 0 Å². The first-order chi connectivity index (χ1) is 9.60. The van der Waals surface area contributed by atoms with E-state index in [9.17, 15) is 10.1 Å². The SMILES string of the molecule is CCOc1cccc(CNc2nn(C)cc2[N+](=O)[O-])c1. The lowest BCUT2D eigenvalue weighted by molar-refractivity contribution is -0.384. The van der Waals surface area contributed by atoms with Crippen molar-refractivity contribution in [3.8, 4) is 5.75 Å². The standard InChI is InChI=1S/C13H16N4O3/c1-3-20-11-6-4-5-10(7-11)8-14-13-12(17(18)19)9-16(2)15-13/h4-7,9H,3,8H2,1-2H3,(H,14,15). The lowest BCUT2D eigenvalue weighted by atomic mass is 10.2. The smallest absolute Gasteiger partial charge is 0.330 e. The summed E-state index contributed by atoms with van der Waals surface area (Å²) in [6.45, 7) is 2.96. The molecule has 1 N–H and O–H groups in total. The highest BCUT2D eigenvalue weighted by atomic mass is 16.6. The van der Waals surface area contributed by atoms with Gasteiger partial charge in [-0.25, -0.2) is 0 Å². The Morgan fingerprint density at radius 1 is 1.50 bits per heavy atom. The molecule has 0 saturated carbocycles. The van der Waals surface area contributed by atoms with Gasteiger partial charge in [0, 0.05) is 13.6 Å². The van der Waals surface area contributed by atoms with Crippen molar-refractivity contribution in [3.05, 3.63) is 46.1 Å². The zero-order valence-electron chi connectivity index (χ0n) is 11.4. The van der Waals surface area contributed by atoms with Crippen LogP contribution in [-0.2, 0) is 13.6 Å². The number of nitrogens with zero attached hydrogens (tertiary/aromatic N) is 3. The van der Waals surface area contributed by atoms with E-state index in [0.29, 0.717) is 13.2 Å². The van der Waals surface area contributed by atoms with E-state index in [-0.39, 0.29) is 11.5 Å². The molecule has 0 fully saturated rings. The summed E-state index contributed by atoms with van der Waals surface area (Å²) >= 11 is 0. The molecular weight excluding hydrogens is 260 g/mol. The lowest BCUT2D eigenvalue weighted by Gasteiger charge is -2.06. The van der Waals surface area contributed by atoms with Crippen molar-refractivity contribution in [1.82, 2.24) is 9.78 Å². The van der Waals surface area contributed by atoms with Gasteiger partial charge in [0.25, 0.3) is 0 Å². The molecule has 1 aromatic carbocycles. The van der Waals surface area contributed by atoms with Crippen LogP contribution in [0.1, 0.15) is 12.5 Å². The number of nitro groups is 1. The highest BCUT2D eigenvalue weighted by Gasteiger charge is 2.17. The molecule has 7 nitrogen and oxygen atoms in total. The Hall–Kier alpha value is -2.57. The first-order valence-corrected chi connectivity index (χ1v) is 6.23. The number of nitrogens with one attached hydrogen (secondary N) is 1. The third kappa shape index (κ3) is 3.25. The van der Waals surface area contributed by atoms with Gasteiger partial charge in [0.2, 0.25) is 5.82 Å². The van der Waals surface area contributed by atoms with Crippen LogP contribution in [0.2, 0.25) is 0 Å². The molecule has 0 radical (unpaired) electrons. The summed E-state index contributed by atoms with van der Waals surface area (Å²) in [7, 11) is 1.65. The van der Waals surface area contributed by atoms with Crippen LogP contribution in [-0.4, -0.2) is 21.3 Å². The van der Waals surface area contributed by atoms with Gasteiger partial charge in [0.05, 0.1) is 11.5 Å². The molecule has 1 aromatic heterocycles. The number of aryl methyl sites for hydroxylation is 1. The molecule has 0 unspecified atom stereocenters. The topological polar surface area (TPSA) is 82.2 Å². The second kappa shape index (κ2) is 6.05. The van der Waals surface area contributed by atoms with Gasteiger partial charge in [-0.2, -0.15) is 0 Å². The highest BCUT2D eigenvalue weighted by Crippen LogP contribution is 2.22. The fourth-order valence-corrected chi connectivity index (χ4v) is 1.83. The Kier molecular flexibility index (Phi) is 4.19. The van der Waals surface area contributed by atoms with Gasteiger partial charge in [-0.05, 0) is 24.6 Å². The maximum Gasteiger partial charge on any atom is 0.330 e. The molecule has 0 amide bonds. The largest absolute Gasteiger partial charge is 0.494 e. The first-order valence-electron chi connectivity index (χ1n) is 6.23. The minimum Gasteiger partial charge on any atom is -0.494 e. The van der Waals surface area contributed by atoms with Gasteiger partial charge in [-0.1, -0.05) is 12.1 Å². The van der Waals surface area contributed by atoms with Gasteiger partial charge in [0.1, 0.15) is 11.9 Å². The van der Waals surface area contributed by atoms with E-state index in [4.69, 9.17) is 4.74 Å². The summed E-state index contributed by atoms with van der Waals surface area (Å²) < 4.78 is 6.82. The van der Waals surface area contributed by atoms with E-state index in [2.05, 4.69) is 10.4 Å². The number of aromatic nitrogens is 2. The van der Waals surface area contributed by atoms with Gasteiger partial charge < -0.3 is 10.1 Å². The molecule has 0 aliphatic heterocycles. The average molecular weight is 276 g/mol. The number of hydrogen-bond donors (Lipinski definition) is 1. The summed E-state index contributed by atoms with van der Waals surface area (Å²) in [5.74, 6) is 1.04. The monoisotopic (exact) mass is 276 g/mol. The Balaban J connectivity index is 2.08. The molecule has 106 valence electrons. The summed E-state index contributed by atoms with van der Waals surface area (Å²) in [6.07, 6.45) is 1.37. The average Bonchev–Trinajstić information content (AvgIpc) is 2.79. The van der Waals surface area contributed by atoms with Crippen molar-refractivity contribution in [1.29, 1.82) is 0 Å². The Labute approximate surface area is 116 Å². The third-order valence-electron chi connectivity index (χ3n) is 2.68. The minimum absolute atomic E-state index is 0.0338.